The molecule has 0 saturated carbocycles. The molecule has 0 radical (unpaired) electrons. The van der Waals surface area contributed by atoms with Gasteiger partial charge in [-0.1, -0.05) is 44.9 Å². The molecule has 0 fully saturated rings. The summed E-state index contributed by atoms with van der Waals surface area (Å²) in [6.45, 7) is 5.48. The molecule has 178 valence electrons. The Hall–Kier alpha value is -3.55. The fourth-order valence-electron chi connectivity index (χ4n) is 3.91. The maximum atomic E-state index is 14.1. The van der Waals surface area contributed by atoms with Crippen molar-refractivity contribution in [2.75, 3.05) is 17.2 Å². The van der Waals surface area contributed by atoms with Gasteiger partial charge < -0.3 is 10.6 Å². The molecule has 1 aromatic carbocycles. The topological polar surface area (TPSA) is 80.0 Å². The number of fused-ring (bicyclic) bond motifs is 1. The van der Waals surface area contributed by atoms with Crippen LogP contribution in [0, 0.1) is 5.82 Å². The highest BCUT2D eigenvalue weighted by Crippen LogP contribution is 2.24. The first-order chi connectivity index (χ1) is 16.6. The number of halogens is 1. The van der Waals surface area contributed by atoms with E-state index in [4.69, 9.17) is 4.98 Å². The molecule has 34 heavy (non-hydrogen) atoms. The predicted molar refractivity (Wildman–Crippen MR) is 133 cm³/mol. The van der Waals surface area contributed by atoms with E-state index < -0.39 is 0 Å². The van der Waals surface area contributed by atoms with E-state index in [1.165, 1.54) is 18.1 Å². The Bertz CT molecular complexity index is 1190. The van der Waals surface area contributed by atoms with Crippen molar-refractivity contribution in [3.63, 3.8) is 0 Å². The Labute approximate surface area is 199 Å². The van der Waals surface area contributed by atoms with Gasteiger partial charge in [0.15, 0.2) is 5.65 Å². The number of unbranched alkanes of at least 4 members (excludes halogenated alkanes) is 3. The van der Waals surface area contributed by atoms with Crippen LogP contribution in [0.5, 0.6) is 0 Å². The van der Waals surface area contributed by atoms with Gasteiger partial charge in [0.1, 0.15) is 23.8 Å². The quantitative estimate of drug-likeness (QED) is 0.267. The van der Waals surface area contributed by atoms with Gasteiger partial charge in [-0.2, -0.15) is 9.61 Å². The minimum atomic E-state index is -0.221. The molecule has 0 unspecified atom stereocenters. The summed E-state index contributed by atoms with van der Waals surface area (Å²) >= 11 is 0. The molecule has 4 rings (SSSR count). The zero-order valence-corrected chi connectivity index (χ0v) is 19.8. The van der Waals surface area contributed by atoms with Crippen LogP contribution in [0.25, 0.3) is 5.65 Å². The summed E-state index contributed by atoms with van der Waals surface area (Å²) < 4.78 is 15.9. The van der Waals surface area contributed by atoms with E-state index in [1.807, 2.05) is 30.7 Å². The van der Waals surface area contributed by atoms with Gasteiger partial charge in [-0.05, 0) is 36.8 Å². The average Bonchev–Trinajstić information content (AvgIpc) is 3.28. The van der Waals surface area contributed by atoms with Crippen LogP contribution in [-0.4, -0.2) is 31.1 Å². The summed E-state index contributed by atoms with van der Waals surface area (Å²) in [5.41, 5.74) is 3.71. The van der Waals surface area contributed by atoms with Crippen molar-refractivity contribution in [3.8, 4) is 0 Å². The summed E-state index contributed by atoms with van der Waals surface area (Å²) in [4.78, 5) is 13.0. The lowest BCUT2D eigenvalue weighted by atomic mass is 10.1. The van der Waals surface area contributed by atoms with Crippen molar-refractivity contribution in [2.24, 2.45) is 0 Å². The van der Waals surface area contributed by atoms with Crippen molar-refractivity contribution in [1.82, 2.24) is 24.6 Å². The number of rotatable bonds is 12. The van der Waals surface area contributed by atoms with Crippen LogP contribution in [-0.2, 0) is 13.0 Å². The molecule has 0 bridgehead atoms. The highest BCUT2D eigenvalue weighted by Gasteiger charge is 2.14. The van der Waals surface area contributed by atoms with E-state index >= 15 is 0 Å². The number of hydrogen-bond acceptors (Lipinski definition) is 6. The number of nitrogens with one attached hydrogen (secondary N) is 2. The Morgan fingerprint density at radius 1 is 0.971 bits per heavy atom. The number of aryl methyl sites for hydroxylation is 1. The zero-order chi connectivity index (χ0) is 23.8. The summed E-state index contributed by atoms with van der Waals surface area (Å²) in [5, 5.41) is 11.3. The first-order valence-electron chi connectivity index (χ1n) is 12.0. The van der Waals surface area contributed by atoms with Gasteiger partial charge in [0.05, 0.1) is 6.20 Å². The first-order valence-corrected chi connectivity index (χ1v) is 12.0. The second-order valence-corrected chi connectivity index (χ2v) is 8.80. The monoisotopic (exact) mass is 461 g/mol. The minimum absolute atomic E-state index is 0.221. The van der Waals surface area contributed by atoms with E-state index in [-0.39, 0.29) is 5.82 Å². The standard InChI is InChI=1S/C26H32FN7/c1-19(2)22-17-32-34-25(31-16-21-10-6-7-11-23(21)27)13-24(33-26(22)34)30-12-8-4-3-5-9-20-14-28-18-29-15-20/h6-7,10-11,13-15,17-19,31H,3-5,8-9,12,16H2,1-2H3,(H,30,33). The number of benzene rings is 1. The Morgan fingerprint density at radius 2 is 1.76 bits per heavy atom. The maximum absolute atomic E-state index is 14.1. The second kappa shape index (κ2) is 11.5. The molecule has 0 amide bonds. The average molecular weight is 462 g/mol. The summed E-state index contributed by atoms with van der Waals surface area (Å²) in [5.74, 6) is 1.66. The second-order valence-electron chi connectivity index (χ2n) is 8.80. The van der Waals surface area contributed by atoms with Gasteiger partial charge in [-0.15, -0.1) is 0 Å². The van der Waals surface area contributed by atoms with Crippen molar-refractivity contribution in [1.29, 1.82) is 0 Å². The number of hydrogen-bond donors (Lipinski definition) is 2. The van der Waals surface area contributed by atoms with Crippen LogP contribution in [0.1, 0.15) is 62.1 Å². The SMILES string of the molecule is CC(C)c1cnn2c(NCc3ccccc3F)cc(NCCCCCCc3cncnc3)nc12. The third kappa shape index (κ3) is 6.07. The molecule has 2 N–H and O–H groups in total. The lowest BCUT2D eigenvalue weighted by molar-refractivity contribution is 0.612. The lowest BCUT2D eigenvalue weighted by Gasteiger charge is -2.13. The van der Waals surface area contributed by atoms with Crippen molar-refractivity contribution >= 4 is 17.3 Å². The zero-order valence-electron chi connectivity index (χ0n) is 19.8. The van der Waals surface area contributed by atoms with Gasteiger partial charge in [0, 0.05) is 42.7 Å². The van der Waals surface area contributed by atoms with Crippen molar-refractivity contribution in [2.45, 2.75) is 58.4 Å². The molecule has 0 atom stereocenters. The molecule has 3 aromatic heterocycles. The van der Waals surface area contributed by atoms with Crippen molar-refractivity contribution < 1.29 is 4.39 Å². The van der Waals surface area contributed by atoms with Crippen LogP contribution in [0.4, 0.5) is 16.0 Å². The Kier molecular flexibility index (Phi) is 8.01. The summed E-state index contributed by atoms with van der Waals surface area (Å²) in [6.07, 6.45) is 12.7. The number of aromatic nitrogens is 5. The largest absolute Gasteiger partial charge is 0.370 e. The first kappa shape index (κ1) is 23.6. The van der Waals surface area contributed by atoms with Gasteiger partial charge in [0.25, 0.3) is 0 Å². The number of anilines is 2. The van der Waals surface area contributed by atoms with Crippen LogP contribution in [0.3, 0.4) is 0 Å². The molecule has 0 saturated heterocycles. The van der Waals surface area contributed by atoms with Crippen LogP contribution < -0.4 is 10.6 Å². The Morgan fingerprint density at radius 3 is 2.56 bits per heavy atom. The summed E-state index contributed by atoms with van der Waals surface area (Å²) in [6, 6.07) is 8.75. The van der Waals surface area contributed by atoms with E-state index in [9.17, 15) is 4.39 Å². The van der Waals surface area contributed by atoms with Gasteiger partial charge >= 0.3 is 0 Å². The van der Waals surface area contributed by atoms with E-state index in [2.05, 4.69) is 39.5 Å². The van der Waals surface area contributed by atoms with Crippen LogP contribution >= 0.6 is 0 Å². The molecule has 3 heterocycles. The molecule has 0 aliphatic heterocycles. The van der Waals surface area contributed by atoms with E-state index in [0.29, 0.717) is 18.0 Å². The highest BCUT2D eigenvalue weighted by molar-refractivity contribution is 5.61. The fraction of sp³-hybridized carbons (Fsp3) is 0.385. The molecule has 0 aliphatic carbocycles. The van der Waals surface area contributed by atoms with Crippen molar-refractivity contribution in [3.05, 3.63) is 77.8 Å². The van der Waals surface area contributed by atoms with Crippen LogP contribution in [0.2, 0.25) is 0 Å². The van der Waals surface area contributed by atoms with Gasteiger partial charge in [-0.25, -0.2) is 19.3 Å². The molecular formula is C26H32FN7. The molecule has 8 heteroatoms. The summed E-state index contributed by atoms with van der Waals surface area (Å²) in [7, 11) is 0. The highest BCUT2D eigenvalue weighted by atomic mass is 19.1. The minimum Gasteiger partial charge on any atom is -0.370 e. The van der Waals surface area contributed by atoms with Gasteiger partial charge in [0.2, 0.25) is 0 Å². The smallest absolute Gasteiger partial charge is 0.163 e. The lowest BCUT2D eigenvalue weighted by Crippen LogP contribution is -2.10. The van der Waals surface area contributed by atoms with E-state index in [1.54, 1.807) is 23.0 Å². The normalized spacial score (nSPS) is 11.3. The third-order valence-electron chi connectivity index (χ3n) is 5.85. The predicted octanol–water partition coefficient (Wildman–Crippen LogP) is 5.61. The van der Waals surface area contributed by atoms with E-state index in [0.717, 1.165) is 55.1 Å². The molecular weight excluding hydrogens is 429 g/mol. The fourth-order valence-corrected chi connectivity index (χ4v) is 3.91. The Balaban J connectivity index is 1.36. The molecule has 4 aromatic rings. The molecule has 7 nitrogen and oxygen atoms in total. The van der Waals surface area contributed by atoms with Gasteiger partial charge in [-0.3, -0.25) is 0 Å². The molecule has 0 spiro atoms. The van der Waals surface area contributed by atoms with Crippen LogP contribution in [0.15, 0.2) is 55.2 Å². The third-order valence-corrected chi connectivity index (χ3v) is 5.85. The molecule has 0 aliphatic rings. The number of nitrogens with zero attached hydrogens (tertiary/aromatic N) is 5. The maximum Gasteiger partial charge on any atom is 0.163 e.